The van der Waals surface area contributed by atoms with Gasteiger partial charge >= 0.3 is 0 Å². The number of fused-ring (bicyclic) bond motifs is 1. The Balaban J connectivity index is 1.79. The van der Waals surface area contributed by atoms with Gasteiger partial charge in [0.1, 0.15) is 0 Å². The average Bonchev–Trinajstić information content (AvgIpc) is 3.23. The maximum Gasteiger partial charge on any atom is 0.251 e. The quantitative estimate of drug-likeness (QED) is 0.806. The van der Waals surface area contributed by atoms with E-state index < -0.39 is 9.84 Å². The van der Waals surface area contributed by atoms with Crippen LogP contribution in [0.4, 0.5) is 5.69 Å². The van der Waals surface area contributed by atoms with E-state index in [2.05, 4.69) is 4.99 Å². The zero-order valence-electron chi connectivity index (χ0n) is 13.7. The van der Waals surface area contributed by atoms with Gasteiger partial charge in [-0.25, -0.2) is 8.42 Å². The molecule has 2 saturated heterocycles. The Labute approximate surface area is 146 Å². The molecule has 128 valence electrons. The molecule has 0 radical (unpaired) electrons. The summed E-state index contributed by atoms with van der Waals surface area (Å²) in [4.78, 5) is 18.6. The molecule has 7 heteroatoms. The number of hydrogen-bond donors (Lipinski definition) is 0. The van der Waals surface area contributed by atoms with E-state index in [1.54, 1.807) is 0 Å². The van der Waals surface area contributed by atoms with Crippen LogP contribution in [-0.2, 0) is 14.6 Å². The van der Waals surface area contributed by atoms with Gasteiger partial charge in [0.05, 0.1) is 17.5 Å². The Hall–Kier alpha value is -1.34. The summed E-state index contributed by atoms with van der Waals surface area (Å²) in [6, 6.07) is 5.89. The lowest BCUT2D eigenvalue weighted by Gasteiger charge is -2.27. The zero-order valence-corrected chi connectivity index (χ0v) is 15.4. The number of aryl methyl sites for hydroxylation is 2. The van der Waals surface area contributed by atoms with E-state index in [0.29, 0.717) is 5.17 Å². The van der Waals surface area contributed by atoms with Crippen LogP contribution in [0.2, 0.25) is 0 Å². The minimum atomic E-state index is -3.03. The molecule has 24 heavy (non-hydrogen) atoms. The molecular weight excluding hydrogens is 344 g/mol. The molecule has 5 nitrogen and oxygen atoms in total. The first-order valence-electron chi connectivity index (χ1n) is 8.21. The van der Waals surface area contributed by atoms with Crippen molar-refractivity contribution in [3.63, 3.8) is 0 Å². The van der Waals surface area contributed by atoms with E-state index in [1.165, 1.54) is 11.8 Å². The highest BCUT2D eigenvalue weighted by Crippen LogP contribution is 2.43. The third-order valence-corrected chi connectivity index (χ3v) is 8.09. The summed E-state index contributed by atoms with van der Waals surface area (Å²) in [7, 11) is -3.03. The highest BCUT2D eigenvalue weighted by Gasteiger charge is 2.50. The number of nitrogens with zero attached hydrogens (tertiary/aromatic N) is 2. The van der Waals surface area contributed by atoms with E-state index in [-0.39, 0.29) is 34.6 Å². The van der Waals surface area contributed by atoms with Crippen molar-refractivity contribution in [3.8, 4) is 0 Å². The van der Waals surface area contributed by atoms with Gasteiger partial charge in [-0.2, -0.15) is 4.99 Å². The number of carbonyl (C=O) groups is 1. The van der Waals surface area contributed by atoms with Gasteiger partial charge in [-0.05, 0) is 37.8 Å². The number of para-hydroxylation sites is 1. The predicted molar refractivity (Wildman–Crippen MR) is 97.4 cm³/mol. The monoisotopic (exact) mass is 364 g/mol. The van der Waals surface area contributed by atoms with Gasteiger partial charge in [0, 0.05) is 16.9 Å². The number of sulfone groups is 1. The number of thioether (sulfide) groups is 1. The maximum absolute atomic E-state index is 12.2. The van der Waals surface area contributed by atoms with Crippen LogP contribution >= 0.6 is 11.8 Å². The molecule has 2 heterocycles. The molecule has 3 fully saturated rings. The van der Waals surface area contributed by atoms with Crippen LogP contribution in [0.15, 0.2) is 23.2 Å². The topological polar surface area (TPSA) is 66.8 Å². The Morgan fingerprint density at radius 1 is 1.21 bits per heavy atom. The molecule has 0 aromatic heterocycles. The number of hydrogen-bond acceptors (Lipinski definition) is 4. The number of anilines is 1. The molecule has 2 unspecified atom stereocenters. The molecule has 1 aromatic rings. The number of amides is 1. The fourth-order valence-corrected chi connectivity index (χ4v) is 7.43. The first-order chi connectivity index (χ1) is 11.4. The molecule has 2 aliphatic heterocycles. The summed E-state index contributed by atoms with van der Waals surface area (Å²) in [5.74, 6) is 0.314. The fourth-order valence-electron chi connectivity index (χ4n) is 3.53. The zero-order chi connectivity index (χ0) is 17.1. The molecule has 1 saturated carbocycles. The summed E-state index contributed by atoms with van der Waals surface area (Å²) in [5.41, 5.74) is 3.15. The number of rotatable bonds is 2. The number of amidine groups is 1. The van der Waals surface area contributed by atoms with Gasteiger partial charge in [-0.15, -0.1) is 0 Å². The van der Waals surface area contributed by atoms with Crippen LogP contribution in [0.25, 0.3) is 0 Å². The smallest absolute Gasteiger partial charge is 0.251 e. The first kappa shape index (κ1) is 16.1. The highest BCUT2D eigenvalue weighted by molar-refractivity contribution is 8.16. The van der Waals surface area contributed by atoms with Crippen molar-refractivity contribution in [3.05, 3.63) is 29.3 Å². The van der Waals surface area contributed by atoms with E-state index in [1.807, 2.05) is 36.9 Å². The second kappa shape index (κ2) is 5.59. The molecule has 0 bridgehead atoms. The standard InChI is InChI=1S/C17H20N2O3S2/c1-10-4-3-5-11(2)15(10)19-13-8-24(21,22)9-14(13)23-17(19)18-16(20)12-6-7-12/h3-5,12-14H,6-9H2,1-2H3. The SMILES string of the molecule is Cc1cccc(C)c1N1C(=NC(=O)C2CC2)SC2CS(=O)(=O)CC21. The Morgan fingerprint density at radius 3 is 2.50 bits per heavy atom. The normalized spacial score (nSPS) is 29.9. The van der Waals surface area contributed by atoms with Crippen molar-refractivity contribution in [1.29, 1.82) is 0 Å². The van der Waals surface area contributed by atoms with Crippen LogP contribution in [0.1, 0.15) is 24.0 Å². The second-order valence-electron chi connectivity index (χ2n) is 6.92. The largest absolute Gasteiger partial charge is 0.315 e. The minimum Gasteiger partial charge on any atom is -0.315 e. The molecule has 3 aliphatic rings. The predicted octanol–water partition coefficient (Wildman–Crippen LogP) is 2.31. The third-order valence-electron chi connectivity index (χ3n) is 4.88. The summed E-state index contributed by atoms with van der Waals surface area (Å²) >= 11 is 1.45. The van der Waals surface area contributed by atoms with Crippen LogP contribution in [0.5, 0.6) is 0 Å². The van der Waals surface area contributed by atoms with Gasteiger partial charge in [-0.1, -0.05) is 30.0 Å². The molecule has 1 aliphatic carbocycles. The van der Waals surface area contributed by atoms with E-state index in [0.717, 1.165) is 29.7 Å². The summed E-state index contributed by atoms with van der Waals surface area (Å²) < 4.78 is 24.2. The molecule has 0 N–H and O–H groups in total. The Morgan fingerprint density at radius 2 is 1.88 bits per heavy atom. The Kier molecular flexibility index (Phi) is 3.76. The van der Waals surface area contributed by atoms with Crippen LogP contribution in [-0.4, -0.2) is 42.3 Å². The van der Waals surface area contributed by atoms with Crippen molar-refractivity contribution < 1.29 is 13.2 Å². The van der Waals surface area contributed by atoms with Gasteiger partial charge in [0.2, 0.25) is 0 Å². The van der Waals surface area contributed by atoms with Crippen molar-refractivity contribution in [1.82, 2.24) is 0 Å². The summed E-state index contributed by atoms with van der Waals surface area (Å²) in [6.07, 6.45) is 1.84. The lowest BCUT2D eigenvalue weighted by atomic mass is 10.1. The third kappa shape index (κ3) is 2.77. The molecule has 4 rings (SSSR count). The molecule has 1 aromatic carbocycles. The van der Waals surface area contributed by atoms with Crippen molar-refractivity contribution in [2.75, 3.05) is 16.4 Å². The van der Waals surface area contributed by atoms with E-state index in [4.69, 9.17) is 0 Å². The minimum absolute atomic E-state index is 0.0419. The fraction of sp³-hybridized carbons (Fsp3) is 0.529. The van der Waals surface area contributed by atoms with E-state index >= 15 is 0 Å². The van der Waals surface area contributed by atoms with Gasteiger partial charge in [0.25, 0.3) is 5.91 Å². The van der Waals surface area contributed by atoms with E-state index in [9.17, 15) is 13.2 Å². The molecule has 2 atom stereocenters. The summed E-state index contributed by atoms with van der Waals surface area (Å²) in [6.45, 7) is 4.04. The number of carbonyl (C=O) groups excluding carboxylic acids is 1. The Bertz CT molecular complexity index is 823. The van der Waals surface area contributed by atoms with Crippen molar-refractivity contribution in [2.45, 2.75) is 38.0 Å². The van der Waals surface area contributed by atoms with Crippen LogP contribution in [0, 0.1) is 19.8 Å². The van der Waals surface area contributed by atoms with Crippen LogP contribution < -0.4 is 4.90 Å². The van der Waals surface area contributed by atoms with Crippen LogP contribution in [0.3, 0.4) is 0 Å². The number of aliphatic imine (C=N–C) groups is 1. The highest BCUT2D eigenvalue weighted by atomic mass is 32.2. The lowest BCUT2D eigenvalue weighted by molar-refractivity contribution is -0.118. The maximum atomic E-state index is 12.2. The number of benzene rings is 1. The van der Waals surface area contributed by atoms with Crippen molar-refractivity contribution in [2.24, 2.45) is 10.9 Å². The van der Waals surface area contributed by atoms with Crippen molar-refractivity contribution >= 4 is 38.4 Å². The lowest BCUT2D eigenvalue weighted by Crippen LogP contribution is -2.38. The molecule has 0 spiro atoms. The molecular formula is C17H20N2O3S2. The molecule has 1 amide bonds. The first-order valence-corrected chi connectivity index (χ1v) is 10.9. The summed E-state index contributed by atoms with van der Waals surface area (Å²) in [5, 5.41) is 0.633. The van der Waals surface area contributed by atoms with Gasteiger partial charge in [-0.3, -0.25) is 4.79 Å². The van der Waals surface area contributed by atoms with Gasteiger partial charge < -0.3 is 4.90 Å². The van der Waals surface area contributed by atoms with Gasteiger partial charge in [0.15, 0.2) is 15.0 Å². The average molecular weight is 364 g/mol. The second-order valence-corrected chi connectivity index (χ2v) is 10.3.